The molecular weight excluding hydrogens is 248 g/mol. The third kappa shape index (κ3) is 2.87. The predicted molar refractivity (Wildman–Crippen MR) is 83.1 cm³/mol. The Labute approximate surface area is 121 Å². The van der Waals surface area contributed by atoms with Gasteiger partial charge in [0.05, 0.1) is 0 Å². The summed E-state index contributed by atoms with van der Waals surface area (Å²) in [6.45, 7) is 8.40. The number of unbranched alkanes of at least 4 members (excludes halogenated alkanes) is 1. The second kappa shape index (κ2) is 6.12. The minimum absolute atomic E-state index is 0.229. The molecule has 0 saturated carbocycles. The van der Waals surface area contributed by atoms with Crippen molar-refractivity contribution < 1.29 is 5.11 Å². The maximum Gasteiger partial charge on any atom is 0.164 e. The molecule has 0 fully saturated rings. The molecule has 0 saturated heterocycles. The summed E-state index contributed by atoms with van der Waals surface area (Å²) in [7, 11) is 0. The molecule has 108 valence electrons. The largest absolute Gasteiger partial charge is 0.504 e. The molecule has 2 aromatic rings. The number of benzene rings is 1. The van der Waals surface area contributed by atoms with Crippen molar-refractivity contribution in [1.82, 2.24) is 9.78 Å². The molecule has 2 rings (SSSR count). The van der Waals surface area contributed by atoms with Crippen molar-refractivity contribution >= 4 is 0 Å². The van der Waals surface area contributed by atoms with E-state index in [1.165, 1.54) is 5.56 Å². The van der Waals surface area contributed by atoms with Gasteiger partial charge in [-0.3, -0.25) is 4.68 Å². The Morgan fingerprint density at radius 3 is 2.40 bits per heavy atom. The van der Waals surface area contributed by atoms with Gasteiger partial charge in [-0.2, -0.15) is 5.10 Å². The molecule has 3 nitrogen and oxygen atoms in total. The van der Waals surface area contributed by atoms with Crippen molar-refractivity contribution in [3.05, 3.63) is 35.5 Å². The minimum Gasteiger partial charge on any atom is -0.504 e. The van der Waals surface area contributed by atoms with Crippen molar-refractivity contribution in [1.29, 1.82) is 0 Å². The Morgan fingerprint density at radius 1 is 1.20 bits per heavy atom. The second-order valence-electron chi connectivity index (χ2n) is 5.65. The van der Waals surface area contributed by atoms with E-state index in [0.717, 1.165) is 36.2 Å². The highest BCUT2D eigenvalue weighted by atomic mass is 16.3. The zero-order chi connectivity index (χ0) is 14.7. The van der Waals surface area contributed by atoms with Gasteiger partial charge in [0.25, 0.3) is 0 Å². The van der Waals surface area contributed by atoms with E-state index >= 15 is 0 Å². The third-order valence-corrected chi connectivity index (χ3v) is 3.54. The molecule has 1 aromatic carbocycles. The molecule has 0 aliphatic rings. The SMILES string of the molecule is CCCCc1nn(C(C)C)c(-c2ccc(C)cc2)c1O. The van der Waals surface area contributed by atoms with Gasteiger partial charge in [0.2, 0.25) is 0 Å². The van der Waals surface area contributed by atoms with Crippen LogP contribution in [0.1, 0.15) is 50.9 Å². The lowest BCUT2D eigenvalue weighted by molar-refractivity contribution is 0.467. The molecule has 20 heavy (non-hydrogen) atoms. The van der Waals surface area contributed by atoms with Crippen LogP contribution < -0.4 is 0 Å². The van der Waals surface area contributed by atoms with E-state index in [2.05, 4.69) is 57.1 Å². The fourth-order valence-corrected chi connectivity index (χ4v) is 2.34. The van der Waals surface area contributed by atoms with Crippen LogP contribution in [-0.4, -0.2) is 14.9 Å². The molecule has 1 heterocycles. The van der Waals surface area contributed by atoms with Gasteiger partial charge in [-0.15, -0.1) is 0 Å². The first-order valence-corrected chi connectivity index (χ1v) is 7.42. The molecule has 0 aliphatic carbocycles. The highest BCUT2D eigenvalue weighted by Gasteiger charge is 2.19. The zero-order valence-electron chi connectivity index (χ0n) is 12.8. The van der Waals surface area contributed by atoms with Crippen LogP contribution in [0.15, 0.2) is 24.3 Å². The monoisotopic (exact) mass is 272 g/mol. The molecule has 0 unspecified atom stereocenters. The number of hydrogen-bond donors (Lipinski definition) is 1. The molecule has 0 radical (unpaired) electrons. The summed E-state index contributed by atoms with van der Waals surface area (Å²) in [6.07, 6.45) is 2.99. The molecule has 0 amide bonds. The predicted octanol–water partition coefficient (Wildman–Crippen LogP) is 4.49. The zero-order valence-corrected chi connectivity index (χ0v) is 12.8. The fraction of sp³-hybridized carbons (Fsp3) is 0.471. The van der Waals surface area contributed by atoms with E-state index in [0.29, 0.717) is 5.75 Å². The Morgan fingerprint density at radius 2 is 1.85 bits per heavy atom. The number of nitrogens with zero attached hydrogens (tertiary/aromatic N) is 2. The van der Waals surface area contributed by atoms with Crippen molar-refractivity contribution in [2.45, 2.75) is 53.0 Å². The summed E-state index contributed by atoms with van der Waals surface area (Å²) in [5, 5.41) is 15.1. The van der Waals surface area contributed by atoms with Crippen molar-refractivity contribution in [3.8, 4) is 17.0 Å². The topological polar surface area (TPSA) is 38.0 Å². The number of aromatic nitrogens is 2. The van der Waals surface area contributed by atoms with Crippen LogP contribution in [0, 0.1) is 6.92 Å². The van der Waals surface area contributed by atoms with E-state index in [4.69, 9.17) is 0 Å². The third-order valence-electron chi connectivity index (χ3n) is 3.54. The average molecular weight is 272 g/mol. The average Bonchev–Trinajstić information content (AvgIpc) is 2.75. The van der Waals surface area contributed by atoms with Gasteiger partial charge >= 0.3 is 0 Å². The van der Waals surface area contributed by atoms with Crippen molar-refractivity contribution in [3.63, 3.8) is 0 Å². The summed E-state index contributed by atoms with van der Waals surface area (Å²) in [4.78, 5) is 0. The summed E-state index contributed by atoms with van der Waals surface area (Å²) in [5.74, 6) is 0.344. The minimum atomic E-state index is 0.229. The van der Waals surface area contributed by atoms with E-state index < -0.39 is 0 Å². The first-order chi connectivity index (χ1) is 9.54. The first kappa shape index (κ1) is 14.6. The van der Waals surface area contributed by atoms with Gasteiger partial charge < -0.3 is 5.11 Å². The highest BCUT2D eigenvalue weighted by Crippen LogP contribution is 2.35. The lowest BCUT2D eigenvalue weighted by Gasteiger charge is -2.11. The second-order valence-corrected chi connectivity index (χ2v) is 5.65. The molecule has 0 atom stereocenters. The molecular formula is C17H24N2O. The molecule has 0 bridgehead atoms. The maximum absolute atomic E-state index is 10.5. The van der Waals surface area contributed by atoms with Crippen LogP contribution >= 0.6 is 0 Å². The molecule has 0 spiro atoms. The molecule has 3 heteroatoms. The Balaban J connectivity index is 2.49. The number of rotatable bonds is 5. The Kier molecular flexibility index (Phi) is 4.48. The molecule has 1 N–H and O–H groups in total. The summed E-state index contributed by atoms with van der Waals surface area (Å²) in [6, 6.07) is 8.46. The smallest absolute Gasteiger partial charge is 0.164 e. The van der Waals surface area contributed by atoms with Gasteiger partial charge in [0.1, 0.15) is 11.4 Å². The quantitative estimate of drug-likeness (QED) is 0.871. The maximum atomic E-state index is 10.5. The van der Waals surface area contributed by atoms with Crippen molar-refractivity contribution in [2.75, 3.05) is 0 Å². The van der Waals surface area contributed by atoms with Crippen LogP contribution in [-0.2, 0) is 6.42 Å². The summed E-state index contributed by atoms with van der Waals surface area (Å²) >= 11 is 0. The molecule has 0 aliphatic heterocycles. The van der Waals surface area contributed by atoms with Crippen LogP contribution in [0.25, 0.3) is 11.3 Å². The first-order valence-electron chi connectivity index (χ1n) is 7.42. The summed E-state index contributed by atoms with van der Waals surface area (Å²) in [5.41, 5.74) is 3.90. The Bertz CT molecular complexity index is 567. The van der Waals surface area contributed by atoms with Gasteiger partial charge in [-0.1, -0.05) is 43.2 Å². The number of aromatic hydroxyl groups is 1. The normalized spacial score (nSPS) is 11.2. The lowest BCUT2D eigenvalue weighted by Crippen LogP contribution is -2.05. The van der Waals surface area contributed by atoms with Gasteiger partial charge in [-0.25, -0.2) is 0 Å². The lowest BCUT2D eigenvalue weighted by atomic mass is 10.1. The van der Waals surface area contributed by atoms with Crippen molar-refractivity contribution in [2.24, 2.45) is 0 Å². The standard InChI is InChI=1S/C17H24N2O/c1-5-6-7-15-17(20)16(19(18-15)12(2)3)14-10-8-13(4)9-11-14/h8-12,20H,5-7H2,1-4H3. The van der Waals surface area contributed by atoms with Gasteiger partial charge in [-0.05, 0) is 33.6 Å². The van der Waals surface area contributed by atoms with E-state index in [9.17, 15) is 5.11 Å². The van der Waals surface area contributed by atoms with Crippen LogP contribution in [0.3, 0.4) is 0 Å². The van der Waals surface area contributed by atoms with E-state index in [1.807, 2.05) is 4.68 Å². The summed E-state index contributed by atoms with van der Waals surface area (Å²) < 4.78 is 1.94. The van der Waals surface area contributed by atoms with E-state index in [-0.39, 0.29) is 6.04 Å². The fourth-order valence-electron chi connectivity index (χ4n) is 2.34. The molecule has 1 aromatic heterocycles. The van der Waals surface area contributed by atoms with Crippen LogP contribution in [0.4, 0.5) is 0 Å². The van der Waals surface area contributed by atoms with Gasteiger partial charge in [0.15, 0.2) is 5.75 Å². The highest BCUT2D eigenvalue weighted by molar-refractivity contribution is 5.68. The van der Waals surface area contributed by atoms with Crippen LogP contribution in [0.2, 0.25) is 0 Å². The van der Waals surface area contributed by atoms with E-state index in [1.54, 1.807) is 0 Å². The number of hydrogen-bond acceptors (Lipinski definition) is 2. The van der Waals surface area contributed by atoms with Crippen LogP contribution in [0.5, 0.6) is 5.75 Å². The Hall–Kier alpha value is -1.77. The number of aryl methyl sites for hydroxylation is 2. The van der Waals surface area contributed by atoms with Gasteiger partial charge in [0, 0.05) is 11.6 Å².